The van der Waals surface area contributed by atoms with E-state index in [2.05, 4.69) is 17.4 Å². The van der Waals surface area contributed by atoms with Crippen molar-refractivity contribution in [2.24, 2.45) is 5.73 Å². The van der Waals surface area contributed by atoms with Gasteiger partial charge in [-0.1, -0.05) is 18.2 Å². The summed E-state index contributed by atoms with van der Waals surface area (Å²) in [7, 11) is 0. The minimum absolute atomic E-state index is 0.252. The Kier molecular flexibility index (Phi) is 5.88. The fraction of sp³-hybridized carbons (Fsp3) is 0.364. The first-order valence-corrected chi connectivity index (χ1v) is 5.94. The van der Waals surface area contributed by atoms with Crippen LogP contribution in [0.15, 0.2) is 35.2 Å². The van der Waals surface area contributed by atoms with Crippen molar-refractivity contribution in [1.29, 1.82) is 0 Å². The van der Waals surface area contributed by atoms with Crippen LogP contribution in [0.3, 0.4) is 0 Å². The van der Waals surface area contributed by atoms with E-state index < -0.39 is 0 Å². The van der Waals surface area contributed by atoms with Gasteiger partial charge >= 0.3 is 0 Å². The molecule has 0 aliphatic carbocycles. The maximum absolute atomic E-state index is 10.4. The molecule has 0 aromatic heterocycles. The number of primary amides is 1. The third kappa shape index (κ3) is 6.14. The zero-order valence-corrected chi connectivity index (χ0v) is 9.43. The molecule has 0 atom stereocenters. The molecule has 1 amide bonds. The molecule has 0 bridgehead atoms. The zero-order chi connectivity index (χ0) is 10.9. The molecule has 0 saturated carbocycles. The van der Waals surface area contributed by atoms with Gasteiger partial charge < -0.3 is 11.1 Å². The van der Waals surface area contributed by atoms with Gasteiger partial charge in [-0.05, 0) is 12.1 Å². The Hall–Kier alpha value is -1.00. The van der Waals surface area contributed by atoms with Gasteiger partial charge in [0.1, 0.15) is 0 Å². The van der Waals surface area contributed by atoms with Gasteiger partial charge in [-0.3, -0.25) is 4.79 Å². The molecule has 0 unspecified atom stereocenters. The number of nitrogens with one attached hydrogen (secondary N) is 1. The highest BCUT2D eigenvalue weighted by Gasteiger charge is 1.94. The van der Waals surface area contributed by atoms with Gasteiger partial charge in [-0.25, -0.2) is 0 Å². The summed E-state index contributed by atoms with van der Waals surface area (Å²) in [4.78, 5) is 11.7. The summed E-state index contributed by atoms with van der Waals surface area (Å²) in [5.74, 6) is 0.751. The highest BCUT2D eigenvalue weighted by Crippen LogP contribution is 2.15. The van der Waals surface area contributed by atoms with Crippen molar-refractivity contribution >= 4 is 17.7 Å². The number of hydrogen-bond donors (Lipinski definition) is 2. The molecular formula is C11H16N2OS. The number of nitrogens with two attached hydrogens (primary N) is 1. The normalized spacial score (nSPS) is 10.1. The number of benzene rings is 1. The SMILES string of the molecule is NC(=O)CCNCCSc1ccccc1. The van der Waals surface area contributed by atoms with E-state index in [0.717, 1.165) is 12.3 Å². The Bertz CT molecular complexity index is 290. The van der Waals surface area contributed by atoms with Crippen LogP contribution in [-0.4, -0.2) is 24.7 Å². The van der Waals surface area contributed by atoms with Crippen LogP contribution in [0, 0.1) is 0 Å². The van der Waals surface area contributed by atoms with Gasteiger partial charge in [-0.2, -0.15) is 0 Å². The van der Waals surface area contributed by atoms with Crippen molar-refractivity contribution < 1.29 is 4.79 Å². The van der Waals surface area contributed by atoms with E-state index in [9.17, 15) is 4.79 Å². The number of carbonyl (C=O) groups is 1. The van der Waals surface area contributed by atoms with Crippen LogP contribution < -0.4 is 11.1 Å². The van der Waals surface area contributed by atoms with Crippen LogP contribution in [0.4, 0.5) is 0 Å². The smallest absolute Gasteiger partial charge is 0.218 e. The van der Waals surface area contributed by atoms with Crippen molar-refractivity contribution in [3.05, 3.63) is 30.3 Å². The predicted molar refractivity (Wildman–Crippen MR) is 63.8 cm³/mol. The van der Waals surface area contributed by atoms with Gasteiger partial charge in [0, 0.05) is 30.2 Å². The third-order valence-electron chi connectivity index (χ3n) is 1.84. The van der Waals surface area contributed by atoms with E-state index in [1.165, 1.54) is 4.90 Å². The molecule has 1 rings (SSSR count). The van der Waals surface area contributed by atoms with Crippen LogP contribution in [0.5, 0.6) is 0 Å². The van der Waals surface area contributed by atoms with E-state index in [1.54, 1.807) is 11.8 Å². The summed E-state index contributed by atoms with van der Waals surface area (Å²) in [6, 6.07) is 10.3. The summed E-state index contributed by atoms with van der Waals surface area (Å²) in [6.07, 6.45) is 0.413. The fourth-order valence-electron chi connectivity index (χ4n) is 1.09. The molecule has 1 aromatic rings. The summed E-state index contributed by atoms with van der Waals surface area (Å²) in [5.41, 5.74) is 5.01. The van der Waals surface area contributed by atoms with Crippen LogP contribution in [-0.2, 0) is 4.79 Å². The first-order valence-electron chi connectivity index (χ1n) is 4.96. The van der Waals surface area contributed by atoms with E-state index in [0.29, 0.717) is 13.0 Å². The highest BCUT2D eigenvalue weighted by atomic mass is 32.2. The lowest BCUT2D eigenvalue weighted by Gasteiger charge is -2.03. The Morgan fingerprint density at radius 3 is 2.67 bits per heavy atom. The second-order valence-corrected chi connectivity index (χ2v) is 4.30. The standard InChI is InChI=1S/C11H16N2OS/c12-11(14)6-7-13-8-9-15-10-4-2-1-3-5-10/h1-5,13H,6-9H2,(H2,12,14). The molecule has 0 radical (unpaired) electrons. The monoisotopic (exact) mass is 224 g/mol. The van der Waals surface area contributed by atoms with Crippen molar-refractivity contribution in [3.63, 3.8) is 0 Å². The van der Waals surface area contributed by atoms with Gasteiger partial charge in [0.25, 0.3) is 0 Å². The predicted octanol–water partition coefficient (Wildman–Crippen LogP) is 1.24. The maximum atomic E-state index is 10.4. The van der Waals surface area contributed by atoms with Crippen molar-refractivity contribution in [3.8, 4) is 0 Å². The Labute approximate surface area is 94.4 Å². The number of carbonyl (C=O) groups excluding carboxylic acids is 1. The summed E-state index contributed by atoms with van der Waals surface area (Å²) in [5, 5.41) is 3.17. The van der Waals surface area contributed by atoms with Crippen molar-refractivity contribution in [2.75, 3.05) is 18.8 Å². The fourth-order valence-corrected chi connectivity index (χ4v) is 1.93. The van der Waals surface area contributed by atoms with E-state index in [-0.39, 0.29) is 5.91 Å². The lowest BCUT2D eigenvalue weighted by molar-refractivity contribution is -0.117. The first kappa shape index (κ1) is 12.1. The molecule has 82 valence electrons. The maximum Gasteiger partial charge on any atom is 0.218 e. The molecule has 0 saturated heterocycles. The largest absolute Gasteiger partial charge is 0.370 e. The molecule has 15 heavy (non-hydrogen) atoms. The quantitative estimate of drug-likeness (QED) is 0.541. The second-order valence-electron chi connectivity index (χ2n) is 3.13. The molecule has 0 fully saturated rings. The molecule has 4 heteroatoms. The van der Waals surface area contributed by atoms with Crippen LogP contribution >= 0.6 is 11.8 Å². The van der Waals surface area contributed by atoms with Gasteiger partial charge in [-0.15, -0.1) is 11.8 Å². The molecular weight excluding hydrogens is 208 g/mol. The zero-order valence-electron chi connectivity index (χ0n) is 8.61. The number of hydrogen-bond acceptors (Lipinski definition) is 3. The van der Waals surface area contributed by atoms with Crippen LogP contribution in [0.2, 0.25) is 0 Å². The van der Waals surface area contributed by atoms with Crippen LogP contribution in [0.1, 0.15) is 6.42 Å². The topological polar surface area (TPSA) is 55.1 Å². The minimum Gasteiger partial charge on any atom is -0.370 e. The number of amides is 1. The molecule has 0 aliphatic heterocycles. The molecule has 0 heterocycles. The third-order valence-corrected chi connectivity index (χ3v) is 2.85. The van der Waals surface area contributed by atoms with Crippen LogP contribution in [0.25, 0.3) is 0 Å². The Morgan fingerprint density at radius 1 is 1.27 bits per heavy atom. The molecule has 0 spiro atoms. The van der Waals surface area contributed by atoms with Gasteiger partial charge in [0.2, 0.25) is 5.91 Å². The molecule has 3 N–H and O–H groups in total. The molecule has 0 aliphatic rings. The lowest BCUT2D eigenvalue weighted by atomic mass is 10.4. The van der Waals surface area contributed by atoms with Crippen molar-refractivity contribution in [1.82, 2.24) is 5.32 Å². The molecule has 1 aromatic carbocycles. The average molecular weight is 224 g/mol. The lowest BCUT2D eigenvalue weighted by Crippen LogP contribution is -2.23. The van der Waals surface area contributed by atoms with Gasteiger partial charge in [0.05, 0.1) is 0 Å². The van der Waals surface area contributed by atoms with E-state index in [4.69, 9.17) is 5.73 Å². The van der Waals surface area contributed by atoms with Gasteiger partial charge in [0.15, 0.2) is 0 Å². The Morgan fingerprint density at radius 2 is 2.00 bits per heavy atom. The average Bonchev–Trinajstić information content (AvgIpc) is 2.24. The summed E-state index contributed by atoms with van der Waals surface area (Å²) in [6.45, 7) is 1.57. The summed E-state index contributed by atoms with van der Waals surface area (Å²) >= 11 is 1.80. The number of rotatable bonds is 7. The number of thioether (sulfide) groups is 1. The second kappa shape index (κ2) is 7.31. The molecule has 3 nitrogen and oxygen atoms in total. The Balaban J connectivity index is 2.00. The first-order chi connectivity index (χ1) is 7.29. The van der Waals surface area contributed by atoms with E-state index >= 15 is 0 Å². The summed E-state index contributed by atoms with van der Waals surface area (Å²) < 4.78 is 0. The highest BCUT2D eigenvalue weighted by molar-refractivity contribution is 7.99. The van der Waals surface area contributed by atoms with Crippen molar-refractivity contribution in [2.45, 2.75) is 11.3 Å². The van der Waals surface area contributed by atoms with E-state index in [1.807, 2.05) is 18.2 Å². The minimum atomic E-state index is -0.252.